The van der Waals surface area contributed by atoms with Crippen LogP contribution in [0.1, 0.15) is 16.1 Å². The number of rotatable bonds is 4. The molecule has 5 nitrogen and oxygen atoms in total. The Morgan fingerprint density at radius 1 is 1.28 bits per heavy atom. The second-order valence-electron chi connectivity index (χ2n) is 5.31. The van der Waals surface area contributed by atoms with Crippen molar-refractivity contribution < 1.29 is 13.9 Å². The molecule has 1 N–H and O–H groups in total. The van der Waals surface area contributed by atoms with Crippen molar-refractivity contribution in [3.05, 3.63) is 70.8 Å². The lowest BCUT2D eigenvalue weighted by molar-refractivity contribution is 0.102. The minimum Gasteiger partial charge on any atom is -0.495 e. The first kappa shape index (κ1) is 17.0. The third-order valence-electron chi connectivity index (χ3n) is 3.74. The van der Waals surface area contributed by atoms with Gasteiger partial charge in [0.15, 0.2) is 0 Å². The average Bonchev–Trinajstić information content (AvgIpc) is 2.97. The summed E-state index contributed by atoms with van der Waals surface area (Å²) < 4.78 is 20.6. The molecule has 0 fully saturated rings. The van der Waals surface area contributed by atoms with Crippen molar-refractivity contribution >= 4 is 23.2 Å². The molecule has 1 aromatic heterocycles. The third-order valence-corrected chi connectivity index (χ3v) is 3.98. The fraction of sp³-hybridized carbons (Fsp3) is 0.111. The highest BCUT2D eigenvalue weighted by atomic mass is 35.5. The Morgan fingerprint density at radius 2 is 2.04 bits per heavy atom. The normalized spacial score (nSPS) is 10.6. The summed E-state index contributed by atoms with van der Waals surface area (Å²) >= 11 is 5.97. The summed E-state index contributed by atoms with van der Waals surface area (Å²) in [6.45, 7) is 1.70. The van der Waals surface area contributed by atoms with E-state index in [1.165, 1.54) is 24.1 Å². The Labute approximate surface area is 149 Å². The molecule has 1 heterocycles. The van der Waals surface area contributed by atoms with E-state index in [1.807, 2.05) is 0 Å². The molecule has 128 valence electrons. The van der Waals surface area contributed by atoms with Crippen molar-refractivity contribution in [2.45, 2.75) is 6.92 Å². The minimum absolute atomic E-state index is 0.277. The number of hydrogen-bond donors (Lipinski definition) is 1. The van der Waals surface area contributed by atoms with Crippen molar-refractivity contribution in [1.29, 1.82) is 0 Å². The third kappa shape index (κ3) is 3.34. The molecule has 0 radical (unpaired) electrons. The number of carbonyl (C=O) groups excluding carboxylic acids is 1. The standard InChI is InChI=1S/C18H15ClFN3O2/c1-11-13(10-21-23(11)16-6-4-3-5-14(16)20)18(24)22-15-9-12(19)7-8-17(15)25-2/h3-10H,1-2H3,(H,22,24). The van der Waals surface area contributed by atoms with Gasteiger partial charge in [0.25, 0.3) is 5.91 Å². The van der Waals surface area contributed by atoms with E-state index >= 15 is 0 Å². The molecule has 0 aliphatic carbocycles. The van der Waals surface area contributed by atoms with Crippen molar-refractivity contribution in [2.75, 3.05) is 12.4 Å². The molecule has 0 saturated heterocycles. The van der Waals surface area contributed by atoms with Crippen molar-refractivity contribution in [3.8, 4) is 11.4 Å². The predicted octanol–water partition coefficient (Wildman–Crippen LogP) is 4.23. The molecule has 0 bridgehead atoms. The van der Waals surface area contributed by atoms with Gasteiger partial charge < -0.3 is 10.1 Å². The van der Waals surface area contributed by atoms with Crippen molar-refractivity contribution in [3.63, 3.8) is 0 Å². The molecule has 0 saturated carbocycles. The zero-order valence-corrected chi connectivity index (χ0v) is 14.3. The first-order chi connectivity index (χ1) is 12.0. The summed E-state index contributed by atoms with van der Waals surface area (Å²) in [6.07, 6.45) is 1.40. The van der Waals surface area contributed by atoms with E-state index in [-0.39, 0.29) is 11.6 Å². The van der Waals surface area contributed by atoms with Crippen molar-refractivity contribution in [1.82, 2.24) is 9.78 Å². The van der Waals surface area contributed by atoms with Crippen LogP contribution in [-0.4, -0.2) is 22.8 Å². The molecule has 7 heteroatoms. The maximum absolute atomic E-state index is 14.0. The molecule has 25 heavy (non-hydrogen) atoms. The molecule has 0 unspecified atom stereocenters. The highest BCUT2D eigenvalue weighted by Gasteiger charge is 2.18. The number of nitrogens with zero attached hydrogens (tertiary/aromatic N) is 2. The maximum atomic E-state index is 14.0. The molecule has 0 atom stereocenters. The van der Waals surface area contributed by atoms with Gasteiger partial charge in [-0.2, -0.15) is 5.10 Å². The van der Waals surface area contributed by atoms with Crippen LogP contribution in [0.4, 0.5) is 10.1 Å². The number of hydrogen-bond acceptors (Lipinski definition) is 3. The van der Waals surface area contributed by atoms with Crippen LogP contribution < -0.4 is 10.1 Å². The second kappa shape index (κ2) is 6.94. The molecule has 3 aromatic rings. The fourth-order valence-electron chi connectivity index (χ4n) is 2.47. The highest BCUT2D eigenvalue weighted by Crippen LogP contribution is 2.28. The minimum atomic E-state index is -0.419. The van der Waals surface area contributed by atoms with Gasteiger partial charge in [-0.05, 0) is 37.3 Å². The van der Waals surface area contributed by atoms with Gasteiger partial charge in [-0.3, -0.25) is 4.79 Å². The lowest BCUT2D eigenvalue weighted by atomic mass is 10.2. The summed E-state index contributed by atoms with van der Waals surface area (Å²) in [6, 6.07) is 11.1. The lowest BCUT2D eigenvalue weighted by Gasteiger charge is -2.11. The predicted molar refractivity (Wildman–Crippen MR) is 94.2 cm³/mol. The van der Waals surface area contributed by atoms with Crippen LogP contribution in [0.15, 0.2) is 48.7 Å². The van der Waals surface area contributed by atoms with Crippen LogP contribution in [0, 0.1) is 12.7 Å². The summed E-state index contributed by atoms with van der Waals surface area (Å²) in [5, 5.41) is 7.34. The van der Waals surface area contributed by atoms with Crippen LogP contribution in [-0.2, 0) is 0 Å². The van der Waals surface area contributed by atoms with E-state index in [0.29, 0.717) is 27.7 Å². The Kier molecular flexibility index (Phi) is 4.72. The number of aromatic nitrogens is 2. The van der Waals surface area contributed by atoms with E-state index in [4.69, 9.17) is 16.3 Å². The van der Waals surface area contributed by atoms with Gasteiger partial charge in [0.1, 0.15) is 17.3 Å². The molecule has 2 aromatic carbocycles. The summed E-state index contributed by atoms with van der Waals surface area (Å²) in [7, 11) is 1.50. The summed E-state index contributed by atoms with van der Waals surface area (Å²) in [5.41, 5.74) is 1.56. The largest absolute Gasteiger partial charge is 0.495 e. The SMILES string of the molecule is COc1ccc(Cl)cc1NC(=O)c1cnn(-c2ccccc2F)c1C. The summed E-state index contributed by atoms with van der Waals surface area (Å²) in [4.78, 5) is 12.6. The Morgan fingerprint density at radius 3 is 2.76 bits per heavy atom. The topological polar surface area (TPSA) is 56.1 Å². The number of halogens is 2. The second-order valence-corrected chi connectivity index (χ2v) is 5.74. The van der Waals surface area contributed by atoms with Crippen LogP contribution in [0.5, 0.6) is 5.75 Å². The zero-order chi connectivity index (χ0) is 18.0. The van der Waals surface area contributed by atoms with E-state index in [2.05, 4.69) is 10.4 Å². The van der Waals surface area contributed by atoms with Crippen LogP contribution in [0.25, 0.3) is 5.69 Å². The van der Waals surface area contributed by atoms with Crippen LogP contribution in [0.3, 0.4) is 0 Å². The molecular formula is C18H15ClFN3O2. The number of ether oxygens (including phenoxy) is 1. The number of amides is 1. The van der Waals surface area contributed by atoms with Gasteiger partial charge in [0, 0.05) is 5.02 Å². The van der Waals surface area contributed by atoms with E-state index < -0.39 is 5.82 Å². The van der Waals surface area contributed by atoms with Gasteiger partial charge >= 0.3 is 0 Å². The van der Waals surface area contributed by atoms with Crippen LogP contribution in [0.2, 0.25) is 5.02 Å². The smallest absolute Gasteiger partial charge is 0.259 e. The molecule has 0 spiro atoms. The number of carbonyl (C=O) groups is 1. The number of nitrogens with one attached hydrogen (secondary N) is 1. The number of anilines is 1. The number of benzene rings is 2. The average molecular weight is 360 g/mol. The highest BCUT2D eigenvalue weighted by molar-refractivity contribution is 6.31. The van der Waals surface area contributed by atoms with Gasteiger partial charge in [-0.1, -0.05) is 23.7 Å². The zero-order valence-electron chi connectivity index (χ0n) is 13.6. The molecule has 3 rings (SSSR count). The van der Waals surface area contributed by atoms with Gasteiger partial charge in [0.2, 0.25) is 0 Å². The molecular weight excluding hydrogens is 345 g/mol. The lowest BCUT2D eigenvalue weighted by Crippen LogP contribution is -2.14. The van der Waals surface area contributed by atoms with Gasteiger partial charge in [-0.15, -0.1) is 0 Å². The Bertz CT molecular complexity index is 940. The number of methoxy groups -OCH3 is 1. The first-order valence-electron chi connectivity index (χ1n) is 7.45. The Balaban J connectivity index is 1.92. The molecule has 1 amide bonds. The quantitative estimate of drug-likeness (QED) is 0.758. The number of para-hydroxylation sites is 1. The molecule has 0 aliphatic heterocycles. The van der Waals surface area contributed by atoms with Crippen LogP contribution >= 0.6 is 11.6 Å². The van der Waals surface area contributed by atoms with E-state index in [0.717, 1.165) is 0 Å². The first-order valence-corrected chi connectivity index (χ1v) is 7.83. The maximum Gasteiger partial charge on any atom is 0.259 e. The molecule has 0 aliphatic rings. The van der Waals surface area contributed by atoms with E-state index in [9.17, 15) is 9.18 Å². The van der Waals surface area contributed by atoms with Gasteiger partial charge in [-0.25, -0.2) is 9.07 Å². The fourth-order valence-corrected chi connectivity index (χ4v) is 2.64. The van der Waals surface area contributed by atoms with Gasteiger partial charge in [0.05, 0.1) is 30.3 Å². The monoisotopic (exact) mass is 359 g/mol. The van der Waals surface area contributed by atoms with E-state index in [1.54, 1.807) is 43.3 Å². The van der Waals surface area contributed by atoms with Crippen molar-refractivity contribution in [2.24, 2.45) is 0 Å². The Hall–Kier alpha value is -2.86. The summed E-state index contributed by atoms with van der Waals surface area (Å²) in [5.74, 6) is -0.324.